The molecule has 0 saturated carbocycles. The molecule has 2 aliphatic heterocycles. The third-order valence-electron chi connectivity index (χ3n) is 5.70. The number of carbonyl (C=O) groups is 1. The molecule has 0 spiro atoms. The van der Waals surface area contributed by atoms with Crippen molar-refractivity contribution in [3.05, 3.63) is 81.6 Å². The Kier molecular flexibility index (Phi) is 3.97. The van der Waals surface area contributed by atoms with E-state index < -0.39 is 0 Å². The van der Waals surface area contributed by atoms with Gasteiger partial charge >= 0.3 is 0 Å². The number of fused-ring (bicyclic) bond motifs is 4. The minimum Gasteiger partial charge on any atom is -0.338 e. The summed E-state index contributed by atoms with van der Waals surface area (Å²) in [5.74, 6) is 0.659. The highest BCUT2D eigenvalue weighted by molar-refractivity contribution is 7.13. The van der Waals surface area contributed by atoms with E-state index in [2.05, 4.69) is 6.07 Å². The summed E-state index contributed by atoms with van der Waals surface area (Å²) in [6.07, 6.45) is 1.05. The zero-order valence-electron chi connectivity index (χ0n) is 14.9. The second-order valence-electron chi connectivity index (χ2n) is 7.44. The van der Waals surface area contributed by atoms with E-state index in [1.165, 1.54) is 0 Å². The van der Waals surface area contributed by atoms with Gasteiger partial charge in [-0.3, -0.25) is 9.59 Å². The number of amides is 1. The van der Waals surface area contributed by atoms with Crippen LogP contribution in [0, 0.1) is 5.92 Å². The number of nitrogens with zero attached hydrogens (tertiary/aromatic N) is 2. The molecule has 0 aliphatic carbocycles. The van der Waals surface area contributed by atoms with Crippen LogP contribution in [-0.2, 0) is 6.54 Å². The van der Waals surface area contributed by atoms with Crippen molar-refractivity contribution in [1.82, 2.24) is 9.47 Å². The van der Waals surface area contributed by atoms with E-state index in [4.69, 9.17) is 0 Å². The number of piperidine rings is 1. The largest absolute Gasteiger partial charge is 0.338 e. The third-order valence-corrected chi connectivity index (χ3v) is 6.60. The maximum Gasteiger partial charge on any atom is 0.259 e. The molecule has 4 heterocycles. The summed E-state index contributed by atoms with van der Waals surface area (Å²) < 4.78 is 1.96. The first-order valence-electron chi connectivity index (χ1n) is 9.32. The summed E-state index contributed by atoms with van der Waals surface area (Å²) in [7, 11) is 0. The van der Waals surface area contributed by atoms with Crippen LogP contribution in [0.15, 0.2) is 64.8 Å². The molecule has 3 aromatic rings. The minimum atomic E-state index is 0.0938. The number of aromatic nitrogens is 1. The summed E-state index contributed by atoms with van der Waals surface area (Å²) in [4.78, 5) is 28.9. The molecule has 1 saturated heterocycles. The molecule has 27 heavy (non-hydrogen) atoms. The Morgan fingerprint density at radius 2 is 1.81 bits per heavy atom. The molecule has 2 aliphatic rings. The van der Waals surface area contributed by atoms with Gasteiger partial charge in [0, 0.05) is 41.7 Å². The summed E-state index contributed by atoms with van der Waals surface area (Å²) in [5, 5.41) is 2.00. The Balaban J connectivity index is 1.47. The molecule has 1 amide bonds. The van der Waals surface area contributed by atoms with Gasteiger partial charge < -0.3 is 9.47 Å². The van der Waals surface area contributed by atoms with Gasteiger partial charge in [-0.25, -0.2) is 0 Å². The van der Waals surface area contributed by atoms with Gasteiger partial charge in [-0.15, -0.1) is 11.3 Å². The molecule has 136 valence electrons. The van der Waals surface area contributed by atoms with E-state index in [0.717, 1.165) is 34.7 Å². The summed E-state index contributed by atoms with van der Waals surface area (Å²) in [6, 6.07) is 17.5. The standard InChI is InChI=1S/C22H20N2O2S/c25-21(16-5-2-1-3-6-16)23-12-15-11-17(14-23)19-9-8-18(20-7-4-10-27-20)22(26)24(19)13-15/h1-10,15,17H,11-14H2/t15-,17-/m1/s1. The molecular formula is C22H20N2O2S. The SMILES string of the molecule is O=C(c1ccccc1)N1C[C@H]2C[C@H](C1)c1ccc(-c3cccs3)c(=O)n1C2. The lowest BCUT2D eigenvalue weighted by molar-refractivity contribution is 0.0594. The summed E-state index contributed by atoms with van der Waals surface area (Å²) >= 11 is 1.60. The van der Waals surface area contributed by atoms with Gasteiger partial charge in [-0.1, -0.05) is 24.3 Å². The lowest BCUT2D eigenvalue weighted by Crippen LogP contribution is -2.49. The highest BCUT2D eigenvalue weighted by Gasteiger charge is 2.36. The normalized spacial score (nSPS) is 21.0. The quantitative estimate of drug-likeness (QED) is 0.682. The van der Waals surface area contributed by atoms with Crippen molar-refractivity contribution >= 4 is 17.2 Å². The fraction of sp³-hybridized carbons (Fsp3) is 0.273. The lowest BCUT2D eigenvalue weighted by atomic mass is 9.82. The van der Waals surface area contributed by atoms with Crippen LogP contribution >= 0.6 is 11.3 Å². The van der Waals surface area contributed by atoms with Crippen LogP contribution in [0.4, 0.5) is 0 Å². The Bertz CT molecular complexity index is 1040. The monoisotopic (exact) mass is 376 g/mol. The van der Waals surface area contributed by atoms with Crippen LogP contribution in [0.1, 0.15) is 28.4 Å². The van der Waals surface area contributed by atoms with Gasteiger partial charge in [-0.2, -0.15) is 0 Å². The van der Waals surface area contributed by atoms with Gasteiger partial charge in [0.15, 0.2) is 0 Å². The Morgan fingerprint density at radius 3 is 2.59 bits per heavy atom. The summed E-state index contributed by atoms with van der Waals surface area (Å²) in [6.45, 7) is 2.10. The zero-order valence-corrected chi connectivity index (χ0v) is 15.7. The molecule has 2 bridgehead atoms. The predicted molar refractivity (Wildman–Crippen MR) is 107 cm³/mol. The van der Waals surface area contributed by atoms with Crippen molar-refractivity contribution in [2.75, 3.05) is 13.1 Å². The lowest BCUT2D eigenvalue weighted by Gasteiger charge is -2.43. The average Bonchev–Trinajstić information content (AvgIpc) is 3.23. The van der Waals surface area contributed by atoms with Gasteiger partial charge in [0.2, 0.25) is 0 Å². The molecule has 4 nitrogen and oxygen atoms in total. The first kappa shape index (κ1) is 16.5. The molecule has 1 fully saturated rings. The second kappa shape index (κ2) is 6.50. The van der Waals surface area contributed by atoms with Gasteiger partial charge in [-0.05, 0) is 48.1 Å². The molecule has 2 atom stereocenters. The first-order valence-corrected chi connectivity index (χ1v) is 10.2. The van der Waals surface area contributed by atoms with E-state index in [1.54, 1.807) is 11.3 Å². The van der Waals surface area contributed by atoms with Crippen LogP contribution in [0.5, 0.6) is 0 Å². The topological polar surface area (TPSA) is 42.3 Å². The van der Waals surface area contributed by atoms with Gasteiger partial charge in [0.25, 0.3) is 11.5 Å². The Labute approximate surface area is 161 Å². The Hall–Kier alpha value is -2.66. The van der Waals surface area contributed by atoms with Crippen molar-refractivity contribution in [1.29, 1.82) is 0 Å². The number of pyridine rings is 1. The van der Waals surface area contributed by atoms with Crippen molar-refractivity contribution in [2.45, 2.75) is 18.9 Å². The number of carbonyl (C=O) groups excluding carboxylic acids is 1. The van der Waals surface area contributed by atoms with Crippen molar-refractivity contribution in [2.24, 2.45) is 5.92 Å². The van der Waals surface area contributed by atoms with Crippen LogP contribution in [-0.4, -0.2) is 28.5 Å². The van der Waals surface area contributed by atoms with E-state index in [1.807, 2.05) is 63.4 Å². The highest BCUT2D eigenvalue weighted by atomic mass is 32.1. The predicted octanol–water partition coefficient (Wildman–Crippen LogP) is 3.84. The van der Waals surface area contributed by atoms with Crippen LogP contribution < -0.4 is 5.56 Å². The van der Waals surface area contributed by atoms with Crippen molar-refractivity contribution in [3.63, 3.8) is 0 Å². The van der Waals surface area contributed by atoms with Crippen molar-refractivity contribution < 1.29 is 4.79 Å². The van der Waals surface area contributed by atoms with E-state index in [0.29, 0.717) is 19.0 Å². The maximum absolute atomic E-state index is 13.1. The molecule has 0 N–H and O–H groups in total. The van der Waals surface area contributed by atoms with Crippen molar-refractivity contribution in [3.8, 4) is 10.4 Å². The first-order chi connectivity index (χ1) is 13.2. The number of hydrogen-bond acceptors (Lipinski definition) is 3. The van der Waals surface area contributed by atoms with Crippen LogP contribution in [0.3, 0.4) is 0 Å². The zero-order chi connectivity index (χ0) is 18.4. The number of likely N-dealkylation sites (tertiary alicyclic amines) is 1. The highest BCUT2D eigenvalue weighted by Crippen LogP contribution is 2.36. The number of thiophene rings is 1. The van der Waals surface area contributed by atoms with Crippen LogP contribution in [0.25, 0.3) is 10.4 Å². The van der Waals surface area contributed by atoms with Gasteiger partial charge in [0.1, 0.15) is 0 Å². The molecule has 5 heteroatoms. The number of rotatable bonds is 2. The average molecular weight is 376 g/mol. The molecule has 0 radical (unpaired) electrons. The molecule has 5 rings (SSSR count). The minimum absolute atomic E-state index is 0.0938. The van der Waals surface area contributed by atoms with E-state index in [9.17, 15) is 9.59 Å². The van der Waals surface area contributed by atoms with Crippen LogP contribution in [0.2, 0.25) is 0 Å². The number of hydrogen-bond donors (Lipinski definition) is 0. The molecule has 0 unspecified atom stereocenters. The Morgan fingerprint density at radius 1 is 0.963 bits per heavy atom. The fourth-order valence-electron chi connectivity index (χ4n) is 4.49. The van der Waals surface area contributed by atoms with E-state index in [-0.39, 0.29) is 17.4 Å². The third kappa shape index (κ3) is 2.82. The van der Waals surface area contributed by atoms with E-state index >= 15 is 0 Å². The second-order valence-corrected chi connectivity index (χ2v) is 8.39. The smallest absolute Gasteiger partial charge is 0.259 e. The maximum atomic E-state index is 13.1. The van der Waals surface area contributed by atoms with Gasteiger partial charge in [0.05, 0.1) is 5.56 Å². The molecule has 2 aromatic heterocycles. The fourth-order valence-corrected chi connectivity index (χ4v) is 5.24. The number of benzene rings is 1. The summed E-state index contributed by atoms with van der Waals surface area (Å²) in [5.41, 5.74) is 2.70. The molecule has 1 aromatic carbocycles. The molecular weight excluding hydrogens is 356 g/mol.